The standard InChI is InChI=1S/C14H19N3O4/c1-9(10-2-4-21-5-3-10)16-14(20)17-12-6-11(13(18)19)7-15-8-12/h6-10H,2-5H2,1H3,(H,18,19)(H2,16,17,20). The first kappa shape index (κ1) is 15.2. The van der Waals surface area contributed by atoms with Gasteiger partial charge in [-0.25, -0.2) is 9.59 Å². The van der Waals surface area contributed by atoms with Crippen LogP contribution < -0.4 is 10.6 Å². The molecule has 1 fully saturated rings. The topological polar surface area (TPSA) is 101 Å². The number of carbonyl (C=O) groups is 2. The van der Waals surface area contributed by atoms with E-state index in [4.69, 9.17) is 9.84 Å². The number of carbonyl (C=O) groups excluding carboxylic acids is 1. The van der Waals surface area contributed by atoms with Crippen LogP contribution in [-0.2, 0) is 4.74 Å². The van der Waals surface area contributed by atoms with Crippen molar-refractivity contribution in [1.82, 2.24) is 10.3 Å². The van der Waals surface area contributed by atoms with E-state index in [0.717, 1.165) is 26.1 Å². The van der Waals surface area contributed by atoms with Crippen LogP contribution in [0.1, 0.15) is 30.1 Å². The third-order valence-corrected chi connectivity index (χ3v) is 3.57. The van der Waals surface area contributed by atoms with Crippen molar-refractivity contribution in [3.63, 3.8) is 0 Å². The number of carboxylic acid groups (broad SMARTS) is 1. The van der Waals surface area contributed by atoms with Gasteiger partial charge in [0.25, 0.3) is 0 Å². The Bertz CT molecular complexity index is 515. The number of nitrogens with zero attached hydrogens (tertiary/aromatic N) is 1. The van der Waals surface area contributed by atoms with Gasteiger partial charge in [-0.3, -0.25) is 4.98 Å². The summed E-state index contributed by atoms with van der Waals surface area (Å²) in [7, 11) is 0. The molecule has 114 valence electrons. The van der Waals surface area contributed by atoms with Gasteiger partial charge in [0.2, 0.25) is 0 Å². The van der Waals surface area contributed by atoms with Crippen molar-refractivity contribution >= 4 is 17.7 Å². The Hall–Kier alpha value is -2.15. The van der Waals surface area contributed by atoms with Crippen molar-refractivity contribution in [3.05, 3.63) is 24.0 Å². The number of ether oxygens (including phenoxy) is 1. The molecule has 0 saturated carbocycles. The largest absolute Gasteiger partial charge is 0.478 e. The molecule has 0 aromatic carbocycles. The van der Waals surface area contributed by atoms with Crippen LogP contribution in [0.4, 0.5) is 10.5 Å². The Morgan fingerprint density at radius 1 is 1.38 bits per heavy atom. The highest BCUT2D eigenvalue weighted by Gasteiger charge is 2.21. The second-order valence-electron chi connectivity index (χ2n) is 5.10. The second kappa shape index (κ2) is 7.03. The van der Waals surface area contributed by atoms with Crippen LogP contribution in [0.3, 0.4) is 0 Å². The number of pyridine rings is 1. The monoisotopic (exact) mass is 293 g/mol. The van der Waals surface area contributed by atoms with Crippen molar-refractivity contribution in [2.45, 2.75) is 25.8 Å². The van der Waals surface area contributed by atoms with Gasteiger partial charge >= 0.3 is 12.0 Å². The first-order valence-corrected chi connectivity index (χ1v) is 6.90. The van der Waals surface area contributed by atoms with E-state index in [1.54, 1.807) is 0 Å². The summed E-state index contributed by atoms with van der Waals surface area (Å²) in [5.41, 5.74) is 0.386. The summed E-state index contributed by atoms with van der Waals surface area (Å²) in [6, 6.07) is 1.04. The lowest BCUT2D eigenvalue weighted by Crippen LogP contribution is -2.42. The van der Waals surface area contributed by atoms with Crippen molar-refractivity contribution in [2.75, 3.05) is 18.5 Å². The molecule has 0 bridgehead atoms. The van der Waals surface area contributed by atoms with Gasteiger partial charge in [-0.05, 0) is 31.7 Å². The average molecular weight is 293 g/mol. The molecule has 2 amide bonds. The van der Waals surface area contributed by atoms with E-state index in [2.05, 4.69) is 15.6 Å². The Labute approximate surface area is 122 Å². The zero-order valence-corrected chi connectivity index (χ0v) is 11.8. The minimum absolute atomic E-state index is 0.0320. The number of aromatic nitrogens is 1. The number of hydrogen-bond acceptors (Lipinski definition) is 4. The zero-order chi connectivity index (χ0) is 15.2. The highest BCUT2D eigenvalue weighted by Crippen LogP contribution is 2.18. The summed E-state index contributed by atoms with van der Waals surface area (Å²) in [4.78, 5) is 26.5. The van der Waals surface area contributed by atoms with Crippen molar-refractivity contribution < 1.29 is 19.4 Å². The number of rotatable bonds is 4. The predicted octanol–water partition coefficient (Wildman–Crippen LogP) is 1.72. The van der Waals surface area contributed by atoms with Crippen molar-refractivity contribution in [2.24, 2.45) is 5.92 Å². The van der Waals surface area contributed by atoms with Crippen LogP contribution in [0.15, 0.2) is 18.5 Å². The molecule has 21 heavy (non-hydrogen) atoms. The maximum absolute atomic E-state index is 11.9. The summed E-state index contributed by atoms with van der Waals surface area (Å²) < 4.78 is 5.29. The van der Waals surface area contributed by atoms with E-state index in [1.165, 1.54) is 18.5 Å². The number of nitrogens with one attached hydrogen (secondary N) is 2. The number of carboxylic acids is 1. The SMILES string of the molecule is CC(NC(=O)Nc1cncc(C(=O)O)c1)C1CCOCC1. The lowest BCUT2D eigenvalue weighted by atomic mass is 9.93. The van der Waals surface area contributed by atoms with Crippen LogP contribution in [0.5, 0.6) is 0 Å². The molecule has 2 rings (SSSR count). The van der Waals surface area contributed by atoms with Gasteiger partial charge in [0.15, 0.2) is 0 Å². The summed E-state index contributed by atoms with van der Waals surface area (Å²) in [6.45, 7) is 3.41. The van der Waals surface area contributed by atoms with E-state index in [0.29, 0.717) is 11.6 Å². The molecule has 1 aromatic rings. The van der Waals surface area contributed by atoms with Crippen LogP contribution in [-0.4, -0.2) is 41.3 Å². The van der Waals surface area contributed by atoms with E-state index in [1.807, 2.05) is 6.92 Å². The normalized spacial score (nSPS) is 17.0. The zero-order valence-electron chi connectivity index (χ0n) is 11.8. The molecule has 1 unspecified atom stereocenters. The second-order valence-corrected chi connectivity index (χ2v) is 5.10. The Morgan fingerprint density at radius 2 is 2.10 bits per heavy atom. The number of amides is 2. The van der Waals surface area contributed by atoms with Gasteiger partial charge in [0.05, 0.1) is 17.4 Å². The van der Waals surface area contributed by atoms with E-state index in [-0.39, 0.29) is 17.6 Å². The maximum Gasteiger partial charge on any atom is 0.337 e. The summed E-state index contributed by atoms with van der Waals surface area (Å²) in [6.07, 6.45) is 4.50. The Kier molecular flexibility index (Phi) is 5.10. The molecule has 1 aliphatic heterocycles. The van der Waals surface area contributed by atoms with Gasteiger partial charge in [0.1, 0.15) is 0 Å². The number of hydrogen-bond donors (Lipinski definition) is 3. The molecule has 1 atom stereocenters. The van der Waals surface area contributed by atoms with E-state index >= 15 is 0 Å². The quantitative estimate of drug-likeness (QED) is 0.784. The molecule has 0 aliphatic carbocycles. The molecule has 7 heteroatoms. The van der Waals surface area contributed by atoms with Gasteiger partial charge in [0, 0.05) is 25.5 Å². The summed E-state index contributed by atoms with van der Waals surface area (Å²) in [5.74, 6) is -0.685. The smallest absolute Gasteiger partial charge is 0.337 e. The Morgan fingerprint density at radius 3 is 2.76 bits per heavy atom. The van der Waals surface area contributed by atoms with Gasteiger partial charge in [-0.15, -0.1) is 0 Å². The molecule has 1 aliphatic rings. The van der Waals surface area contributed by atoms with Crippen LogP contribution in [0, 0.1) is 5.92 Å². The summed E-state index contributed by atoms with van der Waals surface area (Å²) in [5, 5.41) is 14.3. The first-order chi connectivity index (χ1) is 10.1. The van der Waals surface area contributed by atoms with Gasteiger partial charge in [-0.2, -0.15) is 0 Å². The van der Waals surface area contributed by atoms with Crippen LogP contribution >= 0.6 is 0 Å². The fourth-order valence-electron chi connectivity index (χ4n) is 2.33. The number of urea groups is 1. The Balaban J connectivity index is 1.89. The lowest BCUT2D eigenvalue weighted by Gasteiger charge is -2.28. The molecule has 2 heterocycles. The van der Waals surface area contributed by atoms with E-state index in [9.17, 15) is 9.59 Å². The van der Waals surface area contributed by atoms with Crippen molar-refractivity contribution in [1.29, 1.82) is 0 Å². The first-order valence-electron chi connectivity index (χ1n) is 6.90. The number of anilines is 1. The van der Waals surface area contributed by atoms with Gasteiger partial charge < -0.3 is 20.5 Å². The molecule has 3 N–H and O–H groups in total. The minimum atomic E-state index is -1.08. The fourth-order valence-corrected chi connectivity index (χ4v) is 2.33. The molecular weight excluding hydrogens is 274 g/mol. The number of aromatic carboxylic acids is 1. The third kappa shape index (κ3) is 4.42. The molecule has 1 aromatic heterocycles. The molecule has 0 radical (unpaired) electrons. The summed E-state index contributed by atoms with van der Waals surface area (Å²) >= 11 is 0. The van der Waals surface area contributed by atoms with Crippen LogP contribution in [0.2, 0.25) is 0 Å². The van der Waals surface area contributed by atoms with Crippen molar-refractivity contribution in [3.8, 4) is 0 Å². The lowest BCUT2D eigenvalue weighted by molar-refractivity contribution is 0.0573. The van der Waals surface area contributed by atoms with Crippen LogP contribution in [0.25, 0.3) is 0 Å². The maximum atomic E-state index is 11.9. The highest BCUT2D eigenvalue weighted by atomic mass is 16.5. The van der Waals surface area contributed by atoms with E-state index < -0.39 is 5.97 Å². The highest BCUT2D eigenvalue weighted by molar-refractivity contribution is 5.92. The predicted molar refractivity (Wildman–Crippen MR) is 76.4 cm³/mol. The molecule has 7 nitrogen and oxygen atoms in total. The fraction of sp³-hybridized carbons (Fsp3) is 0.500. The molecule has 1 saturated heterocycles. The third-order valence-electron chi connectivity index (χ3n) is 3.57. The van der Waals surface area contributed by atoms with Gasteiger partial charge in [-0.1, -0.05) is 0 Å². The molecular formula is C14H19N3O4. The average Bonchev–Trinajstić information content (AvgIpc) is 2.48. The minimum Gasteiger partial charge on any atom is -0.478 e. The molecule has 0 spiro atoms.